The Morgan fingerprint density at radius 1 is 1.20 bits per heavy atom. The van der Waals surface area contributed by atoms with Crippen LogP contribution in [0.15, 0.2) is 18.2 Å². The number of para-hydroxylation sites is 1. The van der Waals surface area contributed by atoms with E-state index in [-0.39, 0.29) is 18.4 Å². The van der Waals surface area contributed by atoms with Crippen LogP contribution in [0, 0.1) is 5.41 Å². The normalized spacial score (nSPS) is 12.1. The molecule has 0 aliphatic rings. The number of hydrogen-bond acceptors (Lipinski definition) is 5. The van der Waals surface area contributed by atoms with E-state index in [4.69, 9.17) is 19.9 Å². The van der Waals surface area contributed by atoms with Crippen molar-refractivity contribution in [2.75, 3.05) is 21.3 Å². The molecule has 1 aromatic carbocycles. The summed E-state index contributed by atoms with van der Waals surface area (Å²) in [6.45, 7) is 3.48. The number of nitrogens with two attached hydrogens (primary N) is 1. The van der Waals surface area contributed by atoms with Gasteiger partial charge in [0.2, 0.25) is 0 Å². The lowest BCUT2D eigenvalue weighted by molar-refractivity contribution is -0.152. The van der Waals surface area contributed by atoms with Crippen LogP contribution >= 0.6 is 12.4 Å². The number of ether oxygens (including phenoxy) is 3. The molecule has 1 atom stereocenters. The molecule has 5 nitrogen and oxygen atoms in total. The Hall–Kier alpha value is -1.46. The summed E-state index contributed by atoms with van der Waals surface area (Å²) in [7, 11) is 4.44. The van der Waals surface area contributed by atoms with Gasteiger partial charge in [0.1, 0.15) is 0 Å². The molecule has 1 rings (SSSR count). The number of rotatable bonds is 5. The summed E-state index contributed by atoms with van der Waals surface area (Å²) in [6, 6.07) is 4.84. The SMILES string of the molecule is COC(=O)C(C)(C)[C@H](N)c1cccc(OC)c1OC.Cl. The van der Waals surface area contributed by atoms with Gasteiger partial charge in [0, 0.05) is 11.6 Å². The van der Waals surface area contributed by atoms with Crippen molar-refractivity contribution < 1.29 is 19.0 Å². The van der Waals surface area contributed by atoms with Gasteiger partial charge in [0.25, 0.3) is 0 Å². The minimum Gasteiger partial charge on any atom is -0.493 e. The topological polar surface area (TPSA) is 70.8 Å². The molecule has 0 aromatic heterocycles. The van der Waals surface area contributed by atoms with Gasteiger partial charge >= 0.3 is 5.97 Å². The second-order valence-corrected chi connectivity index (χ2v) is 4.77. The number of esters is 1. The largest absolute Gasteiger partial charge is 0.493 e. The predicted molar refractivity (Wildman–Crippen MR) is 79.5 cm³/mol. The Kier molecular flexibility index (Phi) is 6.82. The van der Waals surface area contributed by atoms with Crippen LogP contribution in [0.5, 0.6) is 11.5 Å². The third-order valence-corrected chi connectivity index (χ3v) is 3.26. The van der Waals surface area contributed by atoms with E-state index in [0.29, 0.717) is 17.1 Å². The highest BCUT2D eigenvalue weighted by atomic mass is 35.5. The van der Waals surface area contributed by atoms with Crippen LogP contribution in [0.4, 0.5) is 0 Å². The molecule has 0 unspecified atom stereocenters. The van der Waals surface area contributed by atoms with E-state index < -0.39 is 11.5 Å². The average Bonchev–Trinajstić information content (AvgIpc) is 2.44. The predicted octanol–water partition coefficient (Wildman–Crippen LogP) is 2.32. The lowest BCUT2D eigenvalue weighted by atomic mass is 9.80. The number of methoxy groups -OCH3 is 3. The minimum absolute atomic E-state index is 0. The van der Waals surface area contributed by atoms with E-state index in [9.17, 15) is 4.79 Å². The molecular formula is C14H22ClNO4. The molecule has 0 amide bonds. The molecule has 0 radical (unpaired) electrons. The standard InChI is InChI=1S/C14H21NO4.ClH/c1-14(2,13(16)19-5)12(15)9-7-6-8-10(17-3)11(9)18-4;/h6-8,12H,15H2,1-5H3;1H/t12-;/m1./s1. The molecule has 0 fully saturated rings. The van der Waals surface area contributed by atoms with Gasteiger partial charge in [-0.15, -0.1) is 12.4 Å². The van der Waals surface area contributed by atoms with Crippen LogP contribution in [-0.4, -0.2) is 27.3 Å². The molecule has 0 aliphatic heterocycles. The van der Waals surface area contributed by atoms with Crippen molar-refractivity contribution in [2.45, 2.75) is 19.9 Å². The van der Waals surface area contributed by atoms with Crippen LogP contribution in [0.25, 0.3) is 0 Å². The van der Waals surface area contributed by atoms with Crippen molar-refractivity contribution >= 4 is 18.4 Å². The Balaban J connectivity index is 0.00000361. The van der Waals surface area contributed by atoms with Crippen molar-refractivity contribution in [1.82, 2.24) is 0 Å². The lowest BCUT2D eigenvalue weighted by Crippen LogP contribution is -2.37. The van der Waals surface area contributed by atoms with Crippen LogP contribution < -0.4 is 15.2 Å². The molecule has 6 heteroatoms. The maximum atomic E-state index is 11.8. The van der Waals surface area contributed by atoms with Crippen molar-refractivity contribution in [1.29, 1.82) is 0 Å². The third kappa shape index (κ3) is 3.35. The van der Waals surface area contributed by atoms with Crippen LogP contribution in [0.3, 0.4) is 0 Å². The molecule has 0 saturated carbocycles. The Morgan fingerprint density at radius 3 is 2.25 bits per heavy atom. The van der Waals surface area contributed by atoms with Crippen LogP contribution in [0.1, 0.15) is 25.5 Å². The summed E-state index contributed by atoms with van der Waals surface area (Å²) in [6.07, 6.45) is 0. The number of carbonyl (C=O) groups excluding carboxylic acids is 1. The first-order valence-corrected chi connectivity index (χ1v) is 5.95. The number of benzene rings is 1. The monoisotopic (exact) mass is 303 g/mol. The molecular weight excluding hydrogens is 282 g/mol. The van der Waals surface area contributed by atoms with E-state index in [1.807, 2.05) is 12.1 Å². The fourth-order valence-corrected chi connectivity index (χ4v) is 1.94. The van der Waals surface area contributed by atoms with E-state index in [0.717, 1.165) is 0 Å². The summed E-state index contributed by atoms with van der Waals surface area (Å²) >= 11 is 0. The van der Waals surface area contributed by atoms with Crippen molar-refractivity contribution in [3.8, 4) is 11.5 Å². The van der Waals surface area contributed by atoms with Crippen molar-refractivity contribution in [2.24, 2.45) is 11.1 Å². The van der Waals surface area contributed by atoms with Gasteiger partial charge in [-0.3, -0.25) is 4.79 Å². The molecule has 0 spiro atoms. The summed E-state index contributed by atoms with van der Waals surface area (Å²) in [5, 5.41) is 0. The van der Waals surface area contributed by atoms with E-state index in [2.05, 4.69) is 0 Å². The van der Waals surface area contributed by atoms with E-state index >= 15 is 0 Å². The van der Waals surface area contributed by atoms with Gasteiger partial charge in [0.05, 0.1) is 26.7 Å². The Bertz CT molecular complexity index is 462. The second-order valence-electron chi connectivity index (χ2n) is 4.77. The third-order valence-electron chi connectivity index (χ3n) is 3.26. The van der Waals surface area contributed by atoms with Gasteiger partial charge in [-0.2, -0.15) is 0 Å². The van der Waals surface area contributed by atoms with Gasteiger partial charge in [-0.25, -0.2) is 0 Å². The molecule has 20 heavy (non-hydrogen) atoms. The van der Waals surface area contributed by atoms with Crippen molar-refractivity contribution in [3.05, 3.63) is 23.8 Å². The number of halogens is 1. The zero-order chi connectivity index (χ0) is 14.6. The first kappa shape index (κ1) is 18.5. The first-order valence-electron chi connectivity index (χ1n) is 5.95. The summed E-state index contributed by atoms with van der Waals surface area (Å²) in [4.78, 5) is 11.8. The number of hydrogen-bond donors (Lipinski definition) is 1. The maximum Gasteiger partial charge on any atom is 0.313 e. The lowest BCUT2D eigenvalue weighted by Gasteiger charge is -2.30. The highest BCUT2D eigenvalue weighted by Crippen LogP contribution is 2.40. The second kappa shape index (κ2) is 7.36. The highest BCUT2D eigenvalue weighted by molar-refractivity contribution is 5.85. The first-order chi connectivity index (χ1) is 8.89. The summed E-state index contributed by atoms with van der Waals surface area (Å²) < 4.78 is 15.4. The van der Waals surface area contributed by atoms with Crippen molar-refractivity contribution in [3.63, 3.8) is 0 Å². The zero-order valence-corrected chi connectivity index (χ0v) is 13.2. The minimum atomic E-state index is -0.867. The van der Waals surface area contributed by atoms with Crippen LogP contribution in [-0.2, 0) is 9.53 Å². The van der Waals surface area contributed by atoms with Gasteiger partial charge in [-0.05, 0) is 19.9 Å². The molecule has 0 aliphatic carbocycles. The summed E-state index contributed by atoms with van der Waals surface area (Å²) in [5.74, 6) is 0.746. The molecule has 0 bridgehead atoms. The van der Waals surface area contributed by atoms with E-state index in [1.54, 1.807) is 34.1 Å². The van der Waals surface area contributed by atoms with E-state index in [1.165, 1.54) is 7.11 Å². The smallest absolute Gasteiger partial charge is 0.313 e. The Morgan fingerprint density at radius 2 is 1.80 bits per heavy atom. The molecule has 0 saturated heterocycles. The van der Waals surface area contributed by atoms with Gasteiger partial charge in [0.15, 0.2) is 11.5 Å². The van der Waals surface area contributed by atoms with Gasteiger partial charge in [-0.1, -0.05) is 12.1 Å². The van der Waals surface area contributed by atoms with Crippen LogP contribution in [0.2, 0.25) is 0 Å². The fraction of sp³-hybridized carbons (Fsp3) is 0.500. The molecule has 1 aromatic rings. The Labute approximate surface area is 125 Å². The fourth-order valence-electron chi connectivity index (χ4n) is 1.94. The quantitative estimate of drug-likeness (QED) is 0.845. The van der Waals surface area contributed by atoms with Gasteiger partial charge < -0.3 is 19.9 Å². The highest BCUT2D eigenvalue weighted by Gasteiger charge is 2.38. The molecule has 114 valence electrons. The molecule has 0 heterocycles. The maximum absolute atomic E-state index is 11.8. The summed E-state index contributed by atoms with van der Waals surface area (Å²) in [5.41, 5.74) is 6.05. The molecule has 2 N–H and O–H groups in total. The number of carbonyl (C=O) groups is 1. The zero-order valence-electron chi connectivity index (χ0n) is 12.4. The average molecular weight is 304 g/mol.